The Kier molecular flexibility index (Phi) is 6.07. The fourth-order valence-corrected chi connectivity index (χ4v) is 3.41. The molecule has 3 unspecified atom stereocenters. The standard InChI is InChI=1S/C18H30N2O/c1-5-15-13-20(16(6-2)12-19-15)18(7-3)14-8-10-17(21-4)11-9-14/h8-11,15-16,18-19H,5-7,12-13H2,1-4H3. The Hall–Kier alpha value is -1.06. The topological polar surface area (TPSA) is 24.5 Å². The highest BCUT2D eigenvalue weighted by Gasteiger charge is 2.31. The van der Waals surface area contributed by atoms with Gasteiger partial charge in [-0.15, -0.1) is 0 Å². The number of nitrogens with one attached hydrogen (secondary N) is 1. The van der Waals surface area contributed by atoms with Crippen LogP contribution in [0.3, 0.4) is 0 Å². The number of benzene rings is 1. The average molecular weight is 290 g/mol. The summed E-state index contributed by atoms with van der Waals surface area (Å²) in [6.45, 7) is 9.13. The Morgan fingerprint density at radius 3 is 2.43 bits per heavy atom. The van der Waals surface area contributed by atoms with E-state index < -0.39 is 0 Å². The second kappa shape index (κ2) is 7.81. The minimum Gasteiger partial charge on any atom is -0.497 e. The molecule has 3 nitrogen and oxygen atoms in total. The first-order valence-electron chi connectivity index (χ1n) is 8.36. The molecule has 0 radical (unpaired) electrons. The highest BCUT2D eigenvalue weighted by molar-refractivity contribution is 5.29. The summed E-state index contributed by atoms with van der Waals surface area (Å²) in [6, 6.07) is 10.4. The molecular formula is C18H30N2O. The molecule has 1 N–H and O–H groups in total. The van der Waals surface area contributed by atoms with Gasteiger partial charge >= 0.3 is 0 Å². The van der Waals surface area contributed by atoms with Crippen LogP contribution in [0.25, 0.3) is 0 Å². The van der Waals surface area contributed by atoms with Crippen LogP contribution in [0.5, 0.6) is 5.75 Å². The molecule has 1 aromatic rings. The molecule has 118 valence electrons. The highest BCUT2D eigenvalue weighted by atomic mass is 16.5. The van der Waals surface area contributed by atoms with Crippen molar-refractivity contribution in [1.29, 1.82) is 0 Å². The molecule has 1 saturated heterocycles. The van der Waals surface area contributed by atoms with Crippen molar-refractivity contribution >= 4 is 0 Å². The van der Waals surface area contributed by atoms with Crippen molar-refractivity contribution in [3.8, 4) is 5.75 Å². The lowest BCUT2D eigenvalue weighted by Gasteiger charge is -2.44. The van der Waals surface area contributed by atoms with Crippen LogP contribution in [0.15, 0.2) is 24.3 Å². The predicted octanol–water partition coefficient (Wildman–Crippen LogP) is 3.61. The van der Waals surface area contributed by atoms with Crippen molar-refractivity contribution < 1.29 is 4.74 Å². The maximum Gasteiger partial charge on any atom is 0.118 e. The summed E-state index contributed by atoms with van der Waals surface area (Å²) < 4.78 is 5.28. The van der Waals surface area contributed by atoms with Crippen LogP contribution in [0.4, 0.5) is 0 Å². The maximum atomic E-state index is 5.28. The van der Waals surface area contributed by atoms with Gasteiger partial charge in [-0.05, 0) is 37.0 Å². The Morgan fingerprint density at radius 2 is 1.90 bits per heavy atom. The van der Waals surface area contributed by atoms with Crippen molar-refractivity contribution in [3.05, 3.63) is 29.8 Å². The molecule has 1 heterocycles. The quantitative estimate of drug-likeness (QED) is 0.866. The summed E-state index contributed by atoms with van der Waals surface area (Å²) in [7, 11) is 1.72. The van der Waals surface area contributed by atoms with Crippen LogP contribution < -0.4 is 10.1 Å². The monoisotopic (exact) mass is 290 g/mol. The van der Waals surface area contributed by atoms with Crippen molar-refractivity contribution in [2.75, 3.05) is 20.2 Å². The first kappa shape index (κ1) is 16.3. The second-order valence-electron chi connectivity index (χ2n) is 5.97. The van der Waals surface area contributed by atoms with E-state index in [2.05, 4.69) is 55.3 Å². The van der Waals surface area contributed by atoms with Gasteiger partial charge in [-0.3, -0.25) is 4.90 Å². The van der Waals surface area contributed by atoms with E-state index in [-0.39, 0.29) is 0 Å². The molecule has 0 aromatic heterocycles. The Bertz CT molecular complexity index is 418. The van der Waals surface area contributed by atoms with Gasteiger partial charge in [0.2, 0.25) is 0 Å². The molecule has 1 aromatic carbocycles. The van der Waals surface area contributed by atoms with E-state index in [0.717, 1.165) is 25.3 Å². The van der Waals surface area contributed by atoms with Crippen LogP contribution in [-0.4, -0.2) is 37.2 Å². The molecular weight excluding hydrogens is 260 g/mol. The van der Waals surface area contributed by atoms with E-state index in [4.69, 9.17) is 4.74 Å². The predicted molar refractivity (Wildman–Crippen MR) is 88.9 cm³/mol. The van der Waals surface area contributed by atoms with Crippen LogP contribution in [-0.2, 0) is 0 Å². The highest BCUT2D eigenvalue weighted by Crippen LogP contribution is 2.30. The van der Waals surface area contributed by atoms with E-state index in [0.29, 0.717) is 18.1 Å². The number of nitrogens with zero attached hydrogens (tertiary/aromatic N) is 1. The second-order valence-corrected chi connectivity index (χ2v) is 5.97. The van der Waals surface area contributed by atoms with Crippen molar-refractivity contribution in [2.45, 2.75) is 58.2 Å². The number of rotatable bonds is 6. The summed E-state index contributed by atoms with van der Waals surface area (Å²) in [6.07, 6.45) is 3.56. The molecule has 1 fully saturated rings. The molecule has 1 aliphatic heterocycles. The van der Waals surface area contributed by atoms with Crippen LogP contribution in [0.2, 0.25) is 0 Å². The fourth-order valence-electron chi connectivity index (χ4n) is 3.41. The lowest BCUT2D eigenvalue weighted by Crippen LogP contribution is -2.56. The summed E-state index contributed by atoms with van der Waals surface area (Å²) in [5.41, 5.74) is 1.41. The number of piperazine rings is 1. The molecule has 0 saturated carbocycles. The zero-order chi connectivity index (χ0) is 15.2. The molecule has 0 amide bonds. The van der Waals surface area contributed by atoms with Gasteiger partial charge in [0.25, 0.3) is 0 Å². The SMILES string of the molecule is CCC1CN(C(CC)c2ccc(OC)cc2)C(CC)CN1. The summed E-state index contributed by atoms with van der Waals surface area (Å²) in [5, 5.41) is 3.69. The van der Waals surface area contributed by atoms with Gasteiger partial charge in [-0.25, -0.2) is 0 Å². The molecule has 2 rings (SSSR count). The number of hydrogen-bond donors (Lipinski definition) is 1. The Balaban J connectivity index is 2.19. The third-order valence-corrected chi connectivity index (χ3v) is 4.79. The van der Waals surface area contributed by atoms with Gasteiger partial charge in [0, 0.05) is 31.2 Å². The van der Waals surface area contributed by atoms with Crippen LogP contribution in [0.1, 0.15) is 51.6 Å². The first-order valence-corrected chi connectivity index (χ1v) is 8.36. The number of hydrogen-bond acceptors (Lipinski definition) is 3. The Labute approximate surface area is 129 Å². The van der Waals surface area contributed by atoms with Gasteiger partial charge in [0.15, 0.2) is 0 Å². The molecule has 3 atom stereocenters. The average Bonchev–Trinajstić information content (AvgIpc) is 2.56. The summed E-state index contributed by atoms with van der Waals surface area (Å²) in [4.78, 5) is 2.71. The molecule has 1 aliphatic rings. The molecule has 0 spiro atoms. The smallest absolute Gasteiger partial charge is 0.118 e. The third-order valence-electron chi connectivity index (χ3n) is 4.79. The van der Waals surface area contributed by atoms with Crippen molar-refractivity contribution in [2.24, 2.45) is 0 Å². The number of ether oxygens (including phenoxy) is 1. The van der Waals surface area contributed by atoms with Gasteiger partial charge in [-0.1, -0.05) is 32.9 Å². The van der Waals surface area contributed by atoms with E-state index in [1.54, 1.807) is 7.11 Å². The zero-order valence-electron chi connectivity index (χ0n) is 13.9. The van der Waals surface area contributed by atoms with Crippen molar-refractivity contribution in [3.63, 3.8) is 0 Å². The van der Waals surface area contributed by atoms with E-state index in [1.165, 1.54) is 18.4 Å². The third kappa shape index (κ3) is 3.78. The molecule has 21 heavy (non-hydrogen) atoms. The molecule has 0 aliphatic carbocycles. The summed E-state index contributed by atoms with van der Waals surface area (Å²) >= 11 is 0. The maximum absolute atomic E-state index is 5.28. The van der Waals surface area contributed by atoms with Gasteiger partial charge in [-0.2, -0.15) is 0 Å². The van der Waals surface area contributed by atoms with Gasteiger partial charge < -0.3 is 10.1 Å². The van der Waals surface area contributed by atoms with E-state index in [1.807, 2.05) is 0 Å². The van der Waals surface area contributed by atoms with Crippen LogP contribution in [0, 0.1) is 0 Å². The molecule has 0 bridgehead atoms. The lowest BCUT2D eigenvalue weighted by molar-refractivity contribution is 0.0748. The lowest BCUT2D eigenvalue weighted by atomic mass is 9.96. The minimum absolute atomic E-state index is 0.511. The minimum atomic E-state index is 0.511. The number of methoxy groups -OCH3 is 1. The van der Waals surface area contributed by atoms with Crippen LogP contribution >= 0.6 is 0 Å². The van der Waals surface area contributed by atoms with Gasteiger partial charge in [0.05, 0.1) is 7.11 Å². The van der Waals surface area contributed by atoms with E-state index >= 15 is 0 Å². The zero-order valence-corrected chi connectivity index (χ0v) is 13.9. The Morgan fingerprint density at radius 1 is 1.19 bits per heavy atom. The molecule has 3 heteroatoms. The normalized spacial score (nSPS) is 24.8. The van der Waals surface area contributed by atoms with Gasteiger partial charge in [0.1, 0.15) is 5.75 Å². The largest absolute Gasteiger partial charge is 0.497 e. The van der Waals surface area contributed by atoms with E-state index in [9.17, 15) is 0 Å². The summed E-state index contributed by atoms with van der Waals surface area (Å²) in [5.74, 6) is 0.937. The first-order chi connectivity index (χ1) is 10.2. The fraction of sp³-hybridized carbons (Fsp3) is 0.667. The van der Waals surface area contributed by atoms with Crippen molar-refractivity contribution in [1.82, 2.24) is 10.2 Å².